The first-order valence-electron chi connectivity index (χ1n) is 16.8. The van der Waals surface area contributed by atoms with Gasteiger partial charge in [0.25, 0.3) is 0 Å². The quantitative estimate of drug-likeness (QED) is 0.00881. The van der Waals surface area contributed by atoms with Crippen LogP contribution in [0.3, 0.4) is 0 Å². The van der Waals surface area contributed by atoms with E-state index < -0.39 is 79.9 Å². The molecule has 0 aliphatic carbocycles. The van der Waals surface area contributed by atoms with Gasteiger partial charge in [0.05, 0.1) is 26.1 Å². The van der Waals surface area contributed by atoms with Gasteiger partial charge in [-0.05, 0) is 75.9 Å². The van der Waals surface area contributed by atoms with Crippen molar-refractivity contribution >= 4 is 116 Å². The standard InChI is InChI=1S/C33H38N6O17S6/c1-3-39(2)58(41,42)15-12-19-4-7-22-20(16-19)5-10-27(33(22)61(49,50)51)36-38-31-29(60(46,47)48)18-24-23(32(31)40)8-9-25(34)30(24)37-35-26-11-6-21(17-28(26)59(43,44)45)57-14-13-55-56-62(52,53)54/h4-11,16-18,40-51H,3,12,15,34H2,1-2H3,(H,52,53,54). The van der Waals surface area contributed by atoms with Gasteiger partial charge in [-0.2, -0.15) is 8.42 Å². The zero-order chi connectivity index (χ0) is 46.0. The molecule has 0 amide bonds. The Morgan fingerprint density at radius 1 is 0.710 bits per heavy atom. The molecular formula is C33H38N6O17S6. The Labute approximate surface area is 363 Å². The van der Waals surface area contributed by atoms with Crippen LogP contribution in [0.4, 0.5) is 28.4 Å². The van der Waals surface area contributed by atoms with Crippen molar-refractivity contribution in [2.75, 3.05) is 25.1 Å². The Balaban J connectivity index is 1.55. The number of phenols is 1. The van der Waals surface area contributed by atoms with Gasteiger partial charge in [0, 0.05) is 39.9 Å². The number of benzene rings is 5. The van der Waals surface area contributed by atoms with Crippen LogP contribution in [-0.4, -0.2) is 91.8 Å². The van der Waals surface area contributed by atoms with Crippen LogP contribution in [0.15, 0.2) is 107 Å². The molecule has 0 spiro atoms. The van der Waals surface area contributed by atoms with Gasteiger partial charge in [0.15, 0.2) is 11.9 Å². The van der Waals surface area contributed by atoms with E-state index >= 15 is 0 Å². The molecule has 62 heavy (non-hydrogen) atoms. The summed E-state index contributed by atoms with van der Waals surface area (Å²) in [6.07, 6.45) is 2.03. The number of nitrogens with zero attached hydrogens (tertiary/aromatic N) is 5. The molecule has 5 aromatic rings. The zero-order valence-electron chi connectivity index (χ0n) is 31.7. The fraction of sp³-hybridized carbons (Fsp3) is 0.152. The van der Waals surface area contributed by atoms with Crippen LogP contribution in [0.25, 0.3) is 21.5 Å². The first-order chi connectivity index (χ1) is 28.7. The summed E-state index contributed by atoms with van der Waals surface area (Å²) in [6.45, 7) is 2.17. The van der Waals surface area contributed by atoms with Crippen molar-refractivity contribution < 1.29 is 77.4 Å². The maximum atomic E-state index is 11.5. The van der Waals surface area contributed by atoms with Crippen LogP contribution in [-0.2, 0) is 26.0 Å². The second kappa shape index (κ2) is 18.9. The lowest BCUT2D eigenvalue weighted by Gasteiger charge is -2.40. The lowest BCUT2D eigenvalue weighted by atomic mass is 10.0. The third kappa shape index (κ3) is 11.9. The average molecular weight is 983 g/mol. The number of anilines is 1. The molecule has 0 bridgehead atoms. The highest BCUT2D eigenvalue weighted by molar-refractivity contribution is 8.22. The van der Waals surface area contributed by atoms with Crippen molar-refractivity contribution in [3.63, 3.8) is 0 Å². The molecule has 0 aliphatic rings. The highest BCUT2D eigenvalue weighted by Crippen LogP contribution is 2.57. The fourth-order valence-electron chi connectivity index (χ4n) is 5.54. The van der Waals surface area contributed by atoms with Crippen LogP contribution in [0, 0.1) is 11.4 Å². The smallest absolute Gasteiger partial charge is 0.433 e. The molecule has 5 aromatic carbocycles. The summed E-state index contributed by atoms with van der Waals surface area (Å²) in [5, 5.41) is 29.7. The third-order valence-corrected chi connectivity index (χ3v) is 14.3. The Kier molecular flexibility index (Phi) is 15.0. The van der Waals surface area contributed by atoms with E-state index in [-0.39, 0.29) is 56.0 Å². The van der Waals surface area contributed by atoms with E-state index in [1.54, 1.807) is 32.2 Å². The van der Waals surface area contributed by atoms with Gasteiger partial charge >= 0.3 is 10.4 Å². The number of phenolic OH excluding ortho intramolecular Hbond substituents is 1. The van der Waals surface area contributed by atoms with Gasteiger partial charge < -0.3 is 51.8 Å². The van der Waals surface area contributed by atoms with Gasteiger partial charge in [-0.1, -0.05) is 31.2 Å². The molecule has 29 heteroatoms. The van der Waals surface area contributed by atoms with Gasteiger partial charge in [-0.3, -0.25) is 18.5 Å². The fourth-order valence-corrected chi connectivity index (χ4v) is 9.69. The topological polar surface area (TPSA) is 394 Å². The number of rotatable bonds is 15. The van der Waals surface area contributed by atoms with E-state index in [2.05, 4.69) is 34.9 Å². The summed E-state index contributed by atoms with van der Waals surface area (Å²) in [5.41, 5.74) is 4.99. The molecule has 0 unspecified atom stereocenters. The van der Waals surface area contributed by atoms with Gasteiger partial charge in [0.1, 0.15) is 55.4 Å². The number of azo groups is 2. The monoisotopic (exact) mass is 982 g/mol. The van der Waals surface area contributed by atoms with Crippen molar-refractivity contribution in [3.8, 4) is 17.1 Å². The maximum Gasteiger partial charge on any atom is 0.433 e. The second-order valence-electron chi connectivity index (χ2n) is 12.6. The van der Waals surface area contributed by atoms with Crippen LogP contribution in [0.1, 0.15) is 12.5 Å². The molecule has 0 aliphatic heterocycles. The molecule has 0 aromatic heterocycles. The molecule has 15 N–H and O–H groups in total. The van der Waals surface area contributed by atoms with Gasteiger partial charge in [-0.15, -0.1) is 31.2 Å². The van der Waals surface area contributed by atoms with Gasteiger partial charge in [0.2, 0.25) is 0 Å². The molecule has 0 heterocycles. The molecule has 0 atom stereocenters. The Morgan fingerprint density at radius 2 is 1.34 bits per heavy atom. The average Bonchev–Trinajstić information content (AvgIpc) is 3.17. The van der Waals surface area contributed by atoms with Gasteiger partial charge in [-0.25, -0.2) is 4.31 Å². The summed E-state index contributed by atoms with van der Waals surface area (Å²) < 4.78 is 149. The predicted molar refractivity (Wildman–Crippen MR) is 237 cm³/mol. The summed E-state index contributed by atoms with van der Waals surface area (Å²) >= 11 is 0.626. The van der Waals surface area contributed by atoms with E-state index in [0.29, 0.717) is 29.3 Å². The van der Waals surface area contributed by atoms with E-state index in [1.165, 1.54) is 40.7 Å². The van der Waals surface area contributed by atoms with Crippen LogP contribution < -0.4 is 5.73 Å². The third-order valence-electron chi connectivity index (χ3n) is 8.54. The number of nitrogens with two attached hydrogens (primary N) is 1. The zero-order valence-corrected chi connectivity index (χ0v) is 36.6. The summed E-state index contributed by atoms with van der Waals surface area (Å²) in [4.78, 5) is 2.22. The SMILES string of the molecule is CCN(C)S(O)(O)CCc1ccc2c(S(O)(O)O)c(N=Nc3c(S(O)(O)O)cc4c(N=Nc5ccc(SC#COOS(=O)(=O)O)cc5S(O)(O)O)c(N)ccc4c3O)ccc2c1. The van der Waals surface area contributed by atoms with Crippen LogP contribution in [0.2, 0.25) is 0 Å². The number of aromatic hydroxyl groups is 1. The van der Waals surface area contributed by atoms with Crippen molar-refractivity contribution in [2.24, 2.45) is 20.5 Å². The second-order valence-corrected chi connectivity index (χ2v) is 21.2. The molecule has 0 saturated heterocycles. The van der Waals surface area contributed by atoms with E-state index in [0.717, 1.165) is 18.2 Å². The highest BCUT2D eigenvalue weighted by Gasteiger charge is 2.29. The summed E-state index contributed by atoms with van der Waals surface area (Å²) in [7, 11) is -20.2. The minimum atomic E-state index is -4.95. The molecular weight excluding hydrogens is 945 g/mol. The molecule has 338 valence electrons. The number of nitrogen functional groups attached to an aromatic ring is 1. The molecule has 0 radical (unpaired) electrons. The number of hydrogen-bond donors (Lipinski definition) is 14. The Bertz CT molecular complexity index is 2750. The first-order valence-corrected chi connectivity index (χ1v) is 25.2. The highest BCUT2D eigenvalue weighted by atomic mass is 32.3. The normalized spacial score (nSPS) is 14.2. The minimum absolute atomic E-state index is 0.0153. The summed E-state index contributed by atoms with van der Waals surface area (Å²) in [5.74, 6) is -0.811. The molecule has 23 nitrogen and oxygen atoms in total. The van der Waals surface area contributed by atoms with Crippen molar-refractivity contribution in [2.45, 2.75) is 32.9 Å². The number of hydrogen-bond acceptors (Lipinski definition) is 23. The first kappa shape index (κ1) is 48.9. The van der Waals surface area contributed by atoms with E-state index in [4.69, 9.17) is 10.3 Å². The van der Waals surface area contributed by atoms with Crippen molar-refractivity contribution in [1.29, 1.82) is 0 Å². The van der Waals surface area contributed by atoms with Crippen LogP contribution in [0.5, 0.6) is 5.75 Å². The van der Waals surface area contributed by atoms with Crippen molar-refractivity contribution in [1.82, 2.24) is 4.31 Å². The Morgan fingerprint density at radius 3 is 1.97 bits per heavy atom. The van der Waals surface area contributed by atoms with Crippen molar-refractivity contribution in [3.05, 3.63) is 72.3 Å². The molecule has 0 fully saturated rings. The summed E-state index contributed by atoms with van der Waals surface area (Å²) in [6, 6.07) is 14.3. The van der Waals surface area contributed by atoms with E-state index in [9.17, 15) is 63.6 Å². The number of thioether (sulfide) groups is 1. The lowest BCUT2D eigenvalue weighted by molar-refractivity contribution is -0.135. The number of aryl methyl sites for hydroxylation is 1. The molecule has 5 rings (SSSR count). The minimum Gasteiger partial charge on any atom is -0.505 e. The maximum absolute atomic E-state index is 11.5. The van der Waals surface area contributed by atoms with E-state index in [1.807, 2.05) is 0 Å². The van der Waals surface area contributed by atoms with Crippen LogP contribution >= 0.6 is 55.1 Å². The molecule has 0 saturated carbocycles. The Hall–Kier alpha value is -4.08. The lowest BCUT2D eigenvalue weighted by Crippen LogP contribution is -2.25. The largest absolute Gasteiger partial charge is 0.505 e. The number of fused-ring (bicyclic) bond motifs is 2. The predicted octanol–water partition coefficient (Wildman–Crippen LogP) is 10.8.